The van der Waals surface area contributed by atoms with Crippen molar-refractivity contribution in [3.8, 4) is 0 Å². The molecule has 0 unspecified atom stereocenters. The third kappa shape index (κ3) is 4.64. The van der Waals surface area contributed by atoms with Gasteiger partial charge < -0.3 is 14.7 Å². The number of rotatable bonds is 5. The molecule has 1 fully saturated rings. The van der Waals surface area contributed by atoms with Gasteiger partial charge in [-0.2, -0.15) is 4.57 Å². The summed E-state index contributed by atoms with van der Waals surface area (Å²) < 4.78 is 7.03. The standard InChI is InChI=1S/C21H24N2O4/c1-16(17-8-3-2-4-9-17)19-11-5-6-13-23(19)21(26)27-15-22-12-7-10-18(14-22)20(24)25/h2-4,7-10,12,14,16,19H,5-6,11,13,15H2,1H3/p+1/t16-,19-/m1/s1. The van der Waals surface area contributed by atoms with Gasteiger partial charge in [-0.1, -0.05) is 37.3 Å². The lowest BCUT2D eigenvalue weighted by Gasteiger charge is -2.38. The highest BCUT2D eigenvalue weighted by atomic mass is 16.6. The maximum atomic E-state index is 12.7. The molecule has 0 radical (unpaired) electrons. The zero-order valence-corrected chi connectivity index (χ0v) is 15.5. The Labute approximate surface area is 159 Å². The lowest BCUT2D eigenvalue weighted by Crippen LogP contribution is -2.48. The minimum absolute atomic E-state index is 0.0110. The number of nitrogens with zero attached hydrogens (tertiary/aromatic N) is 2. The summed E-state index contributed by atoms with van der Waals surface area (Å²) in [6, 6.07) is 13.4. The van der Waals surface area contributed by atoms with Crippen LogP contribution < -0.4 is 4.57 Å². The minimum Gasteiger partial charge on any atom is -0.477 e. The van der Waals surface area contributed by atoms with Gasteiger partial charge in [0.2, 0.25) is 0 Å². The Hall–Kier alpha value is -2.89. The van der Waals surface area contributed by atoms with Crippen molar-refractivity contribution in [3.63, 3.8) is 0 Å². The second-order valence-electron chi connectivity index (χ2n) is 6.91. The van der Waals surface area contributed by atoms with Gasteiger partial charge in [-0.3, -0.25) is 0 Å². The monoisotopic (exact) mass is 369 g/mol. The number of benzene rings is 1. The highest BCUT2D eigenvalue weighted by Gasteiger charge is 2.32. The summed E-state index contributed by atoms with van der Waals surface area (Å²) in [5, 5.41) is 9.07. The topological polar surface area (TPSA) is 70.7 Å². The number of hydrogen-bond donors (Lipinski definition) is 1. The van der Waals surface area contributed by atoms with Crippen LogP contribution in [0.5, 0.6) is 0 Å². The third-order valence-corrected chi connectivity index (χ3v) is 5.13. The normalized spacial score (nSPS) is 18.0. The van der Waals surface area contributed by atoms with E-state index in [1.54, 1.807) is 16.8 Å². The zero-order valence-electron chi connectivity index (χ0n) is 15.5. The molecule has 0 saturated carbocycles. The van der Waals surface area contributed by atoms with Crippen LogP contribution in [-0.2, 0) is 11.5 Å². The van der Waals surface area contributed by atoms with E-state index < -0.39 is 5.97 Å². The number of carbonyl (C=O) groups excluding carboxylic acids is 1. The summed E-state index contributed by atoms with van der Waals surface area (Å²) in [5.74, 6) is -0.787. The van der Waals surface area contributed by atoms with Gasteiger partial charge in [0, 0.05) is 24.6 Å². The third-order valence-electron chi connectivity index (χ3n) is 5.13. The van der Waals surface area contributed by atoms with Crippen LogP contribution in [0.1, 0.15) is 48.0 Å². The number of amides is 1. The number of pyridine rings is 1. The van der Waals surface area contributed by atoms with Crippen LogP contribution >= 0.6 is 0 Å². The van der Waals surface area contributed by atoms with Crippen LogP contribution in [-0.4, -0.2) is 34.7 Å². The molecule has 0 aliphatic carbocycles. The van der Waals surface area contributed by atoms with Gasteiger partial charge in [-0.25, -0.2) is 9.59 Å². The van der Waals surface area contributed by atoms with Gasteiger partial charge in [0.1, 0.15) is 5.56 Å². The molecule has 3 rings (SSSR count). The predicted molar refractivity (Wildman–Crippen MR) is 99.3 cm³/mol. The first kappa shape index (κ1) is 18.9. The second-order valence-corrected chi connectivity index (χ2v) is 6.91. The fourth-order valence-corrected chi connectivity index (χ4v) is 3.62. The Morgan fingerprint density at radius 3 is 2.74 bits per heavy atom. The molecule has 2 heterocycles. The molecule has 1 aromatic carbocycles. The molecule has 2 atom stereocenters. The average molecular weight is 369 g/mol. The zero-order chi connectivity index (χ0) is 19.2. The van der Waals surface area contributed by atoms with E-state index in [0.29, 0.717) is 6.54 Å². The van der Waals surface area contributed by atoms with E-state index in [1.807, 2.05) is 23.1 Å². The molecule has 1 N–H and O–H groups in total. The molecule has 6 heteroatoms. The van der Waals surface area contributed by atoms with Crippen LogP contribution in [0.15, 0.2) is 54.9 Å². The van der Waals surface area contributed by atoms with E-state index in [1.165, 1.54) is 17.8 Å². The first-order chi connectivity index (χ1) is 13.1. The summed E-state index contributed by atoms with van der Waals surface area (Å²) >= 11 is 0. The lowest BCUT2D eigenvalue weighted by molar-refractivity contribution is -0.727. The Balaban J connectivity index is 1.66. The molecule has 1 aliphatic heterocycles. The first-order valence-electron chi connectivity index (χ1n) is 9.27. The van der Waals surface area contributed by atoms with Gasteiger partial charge in [0.25, 0.3) is 6.73 Å². The molecule has 142 valence electrons. The highest BCUT2D eigenvalue weighted by Crippen LogP contribution is 2.30. The van der Waals surface area contributed by atoms with Crippen LogP contribution in [0.25, 0.3) is 0 Å². The van der Waals surface area contributed by atoms with E-state index in [2.05, 4.69) is 19.1 Å². The number of aromatic nitrogens is 1. The number of carboxylic acids is 1. The quantitative estimate of drug-likeness (QED) is 0.820. The van der Waals surface area contributed by atoms with Gasteiger partial charge in [0.15, 0.2) is 12.4 Å². The lowest BCUT2D eigenvalue weighted by atomic mass is 9.87. The van der Waals surface area contributed by atoms with E-state index in [4.69, 9.17) is 9.84 Å². The van der Waals surface area contributed by atoms with E-state index in [9.17, 15) is 9.59 Å². The van der Waals surface area contributed by atoms with Gasteiger partial charge >= 0.3 is 12.1 Å². The molecule has 27 heavy (non-hydrogen) atoms. The molecule has 2 aromatic rings. The highest BCUT2D eigenvalue weighted by molar-refractivity contribution is 5.86. The van der Waals surface area contributed by atoms with Crippen molar-refractivity contribution in [3.05, 3.63) is 66.0 Å². The van der Waals surface area contributed by atoms with Crippen molar-refractivity contribution < 1.29 is 24.0 Å². The molecule has 1 amide bonds. The molecular weight excluding hydrogens is 344 g/mol. The smallest absolute Gasteiger partial charge is 0.414 e. The fraction of sp³-hybridized carbons (Fsp3) is 0.381. The Morgan fingerprint density at radius 2 is 2.00 bits per heavy atom. The number of aromatic carboxylic acids is 1. The number of ether oxygens (including phenoxy) is 1. The average Bonchev–Trinajstić information content (AvgIpc) is 2.72. The number of piperidine rings is 1. The molecule has 6 nitrogen and oxygen atoms in total. The molecule has 1 saturated heterocycles. The van der Waals surface area contributed by atoms with Crippen LogP contribution in [0.3, 0.4) is 0 Å². The van der Waals surface area contributed by atoms with Crippen molar-refractivity contribution in [1.29, 1.82) is 0 Å². The van der Waals surface area contributed by atoms with Crippen molar-refractivity contribution in [1.82, 2.24) is 4.90 Å². The summed E-state index contributed by atoms with van der Waals surface area (Å²) in [4.78, 5) is 25.6. The molecular formula is C21H25N2O4+. The van der Waals surface area contributed by atoms with E-state index in [0.717, 1.165) is 19.3 Å². The summed E-state index contributed by atoms with van der Waals surface area (Å²) in [6.07, 6.45) is 5.80. The first-order valence-corrected chi connectivity index (χ1v) is 9.27. The van der Waals surface area contributed by atoms with Crippen molar-refractivity contribution in [2.75, 3.05) is 6.54 Å². The molecule has 0 bridgehead atoms. The minimum atomic E-state index is -1.01. The van der Waals surface area contributed by atoms with Gasteiger partial charge in [-0.05, 0) is 30.9 Å². The fourth-order valence-electron chi connectivity index (χ4n) is 3.62. The Morgan fingerprint density at radius 1 is 1.22 bits per heavy atom. The molecule has 1 aliphatic rings. The second kappa shape index (κ2) is 8.66. The Kier molecular flexibility index (Phi) is 6.06. The van der Waals surface area contributed by atoms with Gasteiger partial charge in [-0.15, -0.1) is 0 Å². The number of likely N-dealkylation sites (tertiary alicyclic amines) is 1. The Bertz CT molecular complexity index is 794. The maximum Gasteiger partial charge on any atom is 0.414 e. The largest absolute Gasteiger partial charge is 0.477 e. The summed E-state index contributed by atoms with van der Waals surface area (Å²) in [7, 11) is 0. The predicted octanol–water partition coefficient (Wildman–Crippen LogP) is 3.42. The molecule has 0 spiro atoms. The maximum absolute atomic E-state index is 12.7. The van der Waals surface area contributed by atoms with E-state index in [-0.39, 0.29) is 30.3 Å². The van der Waals surface area contributed by atoms with Crippen LogP contribution in [0.2, 0.25) is 0 Å². The molecule has 1 aromatic heterocycles. The van der Waals surface area contributed by atoms with Crippen LogP contribution in [0.4, 0.5) is 4.79 Å². The van der Waals surface area contributed by atoms with Crippen molar-refractivity contribution >= 4 is 12.1 Å². The summed E-state index contributed by atoms with van der Waals surface area (Å²) in [6.45, 7) is 2.82. The van der Waals surface area contributed by atoms with Crippen LogP contribution in [0, 0.1) is 0 Å². The van der Waals surface area contributed by atoms with Gasteiger partial charge in [0.05, 0.1) is 0 Å². The summed E-state index contributed by atoms with van der Waals surface area (Å²) in [5.41, 5.74) is 1.37. The number of carboxylic acid groups (broad SMARTS) is 1. The van der Waals surface area contributed by atoms with Crippen molar-refractivity contribution in [2.24, 2.45) is 0 Å². The number of hydrogen-bond acceptors (Lipinski definition) is 3. The van der Waals surface area contributed by atoms with Crippen molar-refractivity contribution in [2.45, 2.75) is 44.9 Å². The number of carbonyl (C=O) groups is 2. The van der Waals surface area contributed by atoms with E-state index >= 15 is 0 Å². The SMILES string of the molecule is C[C@H](c1ccccc1)[C@H]1CCCCN1C(=O)OC[n+]1cccc(C(=O)O)c1.